The maximum absolute atomic E-state index is 12.2. The zero-order valence-electron chi connectivity index (χ0n) is 13.4. The van der Waals surface area contributed by atoms with E-state index in [1.54, 1.807) is 26.2 Å². The molecule has 0 bridgehead atoms. The second-order valence-corrected chi connectivity index (χ2v) is 5.48. The van der Waals surface area contributed by atoms with Gasteiger partial charge in [-0.3, -0.25) is 9.78 Å². The molecule has 1 heterocycles. The lowest BCUT2D eigenvalue weighted by Crippen LogP contribution is -2.30. The van der Waals surface area contributed by atoms with Gasteiger partial charge in [0.1, 0.15) is 11.4 Å². The number of nitrogens with zero attached hydrogens (tertiary/aromatic N) is 1. The number of rotatable bonds is 7. The summed E-state index contributed by atoms with van der Waals surface area (Å²) in [5.41, 5.74) is 1.40. The first-order chi connectivity index (χ1) is 11.1. The molecule has 0 fully saturated rings. The monoisotopic (exact) mass is 314 g/mol. The number of benzene rings is 1. The van der Waals surface area contributed by atoms with E-state index in [-0.39, 0.29) is 11.8 Å². The number of nitrogens with one attached hydrogen (secondary N) is 1. The van der Waals surface area contributed by atoms with Gasteiger partial charge in [-0.25, -0.2) is 0 Å². The van der Waals surface area contributed by atoms with Gasteiger partial charge in [0.25, 0.3) is 5.91 Å². The average molecular weight is 314 g/mol. The van der Waals surface area contributed by atoms with Gasteiger partial charge in [0.2, 0.25) is 0 Å². The number of pyridine rings is 1. The second-order valence-electron chi connectivity index (χ2n) is 5.48. The molecule has 0 saturated carbocycles. The fraction of sp³-hybridized carbons (Fsp3) is 0.333. The first-order valence-electron chi connectivity index (χ1n) is 7.61. The molecule has 5 nitrogen and oxygen atoms in total. The molecule has 0 radical (unpaired) electrons. The van der Waals surface area contributed by atoms with Crippen LogP contribution in [0.15, 0.2) is 48.7 Å². The van der Waals surface area contributed by atoms with Crippen LogP contribution in [0.2, 0.25) is 0 Å². The van der Waals surface area contributed by atoms with Crippen LogP contribution >= 0.6 is 0 Å². The number of aromatic nitrogens is 1. The van der Waals surface area contributed by atoms with Crippen LogP contribution in [0.3, 0.4) is 0 Å². The van der Waals surface area contributed by atoms with Gasteiger partial charge in [0.05, 0.1) is 13.2 Å². The zero-order valence-corrected chi connectivity index (χ0v) is 13.4. The van der Waals surface area contributed by atoms with Crippen molar-refractivity contribution >= 4 is 5.91 Å². The molecule has 1 amide bonds. The van der Waals surface area contributed by atoms with Crippen LogP contribution in [0, 0.1) is 0 Å². The molecule has 1 aromatic heterocycles. The number of methoxy groups -OCH3 is 1. The number of ether oxygens (including phenoxy) is 1. The summed E-state index contributed by atoms with van der Waals surface area (Å²) in [6.07, 6.45) is 1.68. The molecule has 2 unspecified atom stereocenters. The van der Waals surface area contributed by atoms with Gasteiger partial charge in [-0.05, 0) is 25.0 Å². The van der Waals surface area contributed by atoms with E-state index in [0.717, 1.165) is 5.56 Å². The number of aliphatic hydroxyl groups is 1. The minimum Gasteiger partial charge on any atom is -0.497 e. The lowest BCUT2D eigenvalue weighted by Gasteiger charge is -2.19. The Hall–Kier alpha value is -2.40. The molecule has 122 valence electrons. The van der Waals surface area contributed by atoms with Crippen LogP contribution in [0.5, 0.6) is 5.75 Å². The van der Waals surface area contributed by atoms with Gasteiger partial charge in [-0.2, -0.15) is 0 Å². The molecule has 23 heavy (non-hydrogen) atoms. The molecule has 0 spiro atoms. The fourth-order valence-corrected chi connectivity index (χ4v) is 2.44. The van der Waals surface area contributed by atoms with E-state index in [9.17, 15) is 9.90 Å². The van der Waals surface area contributed by atoms with Gasteiger partial charge >= 0.3 is 0 Å². The molecule has 2 N–H and O–H groups in total. The lowest BCUT2D eigenvalue weighted by atomic mass is 9.93. The van der Waals surface area contributed by atoms with Gasteiger partial charge in [0, 0.05) is 24.7 Å². The Balaban J connectivity index is 2.04. The Morgan fingerprint density at radius 2 is 2.04 bits per heavy atom. The molecule has 2 atom stereocenters. The summed E-state index contributed by atoms with van der Waals surface area (Å²) in [6.45, 7) is 2.19. The highest BCUT2D eigenvalue weighted by Crippen LogP contribution is 2.20. The van der Waals surface area contributed by atoms with E-state index < -0.39 is 6.10 Å². The van der Waals surface area contributed by atoms with Gasteiger partial charge < -0.3 is 15.2 Å². The van der Waals surface area contributed by atoms with Crippen molar-refractivity contribution in [3.63, 3.8) is 0 Å². The number of carbonyl (C=O) groups excluding carboxylic acids is 1. The second kappa shape index (κ2) is 8.29. The average Bonchev–Trinajstić information content (AvgIpc) is 2.58. The Labute approximate surface area is 136 Å². The SMILES string of the molecule is COc1ccnc(C(=O)NCC(CC(C)O)c2ccccc2)c1. The fourth-order valence-electron chi connectivity index (χ4n) is 2.44. The molecule has 5 heteroatoms. The minimum absolute atomic E-state index is 0.0470. The van der Waals surface area contributed by atoms with Crippen LogP contribution in [0.25, 0.3) is 0 Å². The van der Waals surface area contributed by atoms with Crippen molar-refractivity contribution in [1.82, 2.24) is 10.3 Å². The van der Waals surface area contributed by atoms with Crippen molar-refractivity contribution in [3.05, 3.63) is 59.9 Å². The number of hydrogen-bond acceptors (Lipinski definition) is 4. The molecular formula is C18H22N2O3. The highest BCUT2D eigenvalue weighted by atomic mass is 16.5. The first kappa shape index (κ1) is 17.0. The largest absolute Gasteiger partial charge is 0.497 e. The van der Waals surface area contributed by atoms with Crippen LogP contribution < -0.4 is 10.1 Å². The molecular weight excluding hydrogens is 292 g/mol. The van der Waals surface area contributed by atoms with E-state index in [1.165, 1.54) is 6.20 Å². The van der Waals surface area contributed by atoms with Crippen LogP contribution in [-0.4, -0.2) is 35.8 Å². The van der Waals surface area contributed by atoms with Gasteiger partial charge in [-0.15, -0.1) is 0 Å². The summed E-state index contributed by atoms with van der Waals surface area (Å²) in [5.74, 6) is 0.384. The summed E-state index contributed by atoms with van der Waals surface area (Å²) in [6, 6.07) is 13.2. The first-order valence-corrected chi connectivity index (χ1v) is 7.61. The van der Waals surface area contributed by atoms with Crippen LogP contribution in [0.4, 0.5) is 0 Å². The Bertz CT molecular complexity index is 629. The van der Waals surface area contributed by atoms with Crippen molar-refractivity contribution in [1.29, 1.82) is 0 Å². The van der Waals surface area contributed by atoms with E-state index in [1.807, 2.05) is 30.3 Å². The maximum atomic E-state index is 12.2. The molecule has 0 aliphatic heterocycles. The standard InChI is InChI=1S/C18H22N2O3/c1-13(21)10-15(14-6-4-3-5-7-14)12-20-18(22)17-11-16(23-2)8-9-19-17/h3-9,11,13,15,21H,10,12H2,1-2H3,(H,20,22). The van der Waals surface area contributed by atoms with Crippen molar-refractivity contribution in [2.45, 2.75) is 25.4 Å². The van der Waals surface area contributed by atoms with Crippen molar-refractivity contribution < 1.29 is 14.6 Å². The number of amides is 1. The van der Waals surface area contributed by atoms with Crippen molar-refractivity contribution in [2.75, 3.05) is 13.7 Å². The highest BCUT2D eigenvalue weighted by molar-refractivity contribution is 5.92. The third kappa shape index (κ3) is 5.07. The zero-order chi connectivity index (χ0) is 16.7. The topological polar surface area (TPSA) is 71.5 Å². The molecule has 2 aromatic rings. The maximum Gasteiger partial charge on any atom is 0.270 e. The third-order valence-corrected chi connectivity index (χ3v) is 3.61. The predicted molar refractivity (Wildman–Crippen MR) is 88.6 cm³/mol. The molecule has 0 aliphatic carbocycles. The normalized spacial score (nSPS) is 13.2. The lowest BCUT2D eigenvalue weighted by molar-refractivity contribution is 0.0940. The van der Waals surface area contributed by atoms with Gasteiger partial charge in [-0.1, -0.05) is 30.3 Å². The van der Waals surface area contributed by atoms with Crippen LogP contribution in [0.1, 0.15) is 35.3 Å². The number of carbonyl (C=O) groups is 1. The van der Waals surface area contributed by atoms with Crippen molar-refractivity contribution in [3.8, 4) is 5.75 Å². The highest BCUT2D eigenvalue weighted by Gasteiger charge is 2.16. The smallest absolute Gasteiger partial charge is 0.270 e. The van der Waals surface area contributed by atoms with E-state index in [4.69, 9.17) is 4.74 Å². The van der Waals surface area contributed by atoms with Crippen molar-refractivity contribution in [2.24, 2.45) is 0 Å². The van der Waals surface area contributed by atoms with Crippen LogP contribution in [-0.2, 0) is 0 Å². The summed E-state index contributed by atoms with van der Waals surface area (Å²) in [7, 11) is 1.55. The summed E-state index contributed by atoms with van der Waals surface area (Å²) < 4.78 is 5.10. The Morgan fingerprint density at radius 1 is 1.30 bits per heavy atom. The van der Waals surface area contributed by atoms with E-state index >= 15 is 0 Å². The number of aliphatic hydroxyl groups excluding tert-OH is 1. The summed E-state index contributed by atoms with van der Waals surface area (Å²) >= 11 is 0. The molecule has 0 saturated heterocycles. The summed E-state index contributed by atoms with van der Waals surface area (Å²) in [4.78, 5) is 16.3. The van der Waals surface area contributed by atoms with E-state index in [0.29, 0.717) is 24.4 Å². The quantitative estimate of drug-likeness (QED) is 0.823. The van der Waals surface area contributed by atoms with Gasteiger partial charge in [0.15, 0.2) is 0 Å². The number of hydrogen-bond donors (Lipinski definition) is 2. The molecule has 1 aromatic carbocycles. The Kier molecular flexibility index (Phi) is 6.11. The van der Waals surface area contributed by atoms with E-state index in [2.05, 4.69) is 10.3 Å². The minimum atomic E-state index is -0.438. The molecule has 0 aliphatic rings. The third-order valence-electron chi connectivity index (χ3n) is 3.61. The molecule has 2 rings (SSSR count). The summed E-state index contributed by atoms with van der Waals surface area (Å²) in [5, 5.41) is 12.6. The predicted octanol–water partition coefficient (Wildman–Crippen LogP) is 2.37. The Morgan fingerprint density at radius 3 is 2.70 bits per heavy atom.